The van der Waals surface area contributed by atoms with Crippen molar-refractivity contribution in [2.24, 2.45) is 0 Å². The molecule has 0 saturated heterocycles. The zero-order chi connectivity index (χ0) is 32.1. The molecular formula is C46H29N3. The Morgan fingerprint density at radius 2 is 0.755 bits per heavy atom. The van der Waals surface area contributed by atoms with E-state index in [1.165, 1.54) is 87.6 Å². The molecule has 3 aromatic heterocycles. The van der Waals surface area contributed by atoms with E-state index < -0.39 is 0 Å². The fourth-order valence-corrected chi connectivity index (χ4v) is 8.37. The van der Waals surface area contributed by atoms with Crippen LogP contribution in [0.5, 0.6) is 0 Å². The number of nitrogens with zero attached hydrogens (tertiary/aromatic N) is 3. The predicted octanol–water partition coefficient (Wildman–Crippen LogP) is 12.1. The molecule has 8 aromatic carbocycles. The molecule has 0 amide bonds. The van der Waals surface area contributed by atoms with Gasteiger partial charge in [0.1, 0.15) is 0 Å². The Morgan fingerprint density at radius 1 is 0.265 bits per heavy atom. The third-order valence-electron chi connectivity index (χ3n) is 10.4. The Bertz CT molecular complexity index is 3090. The number of fused-ring (bicyclic) bond motifs is 11. The van der Waals surface area contributed by atoms with E-state index in [0.29, 0.717) is 0 Å². The highest BCUT2D eigenvalue weighted by Crippen LogP contribution is 2.43. The van der Waals surface area contributed by atoms with Crippen LogP contribution in [0.3, 0.4) is 0 Å². The molecule has 0 aliphatic rings. The molecule has 0 spiro atoms. The van der Waals surface area contributed by atoms with Crippen molar-refractivity contribution in [1.29, 1.82) is 0 Å². The summed E-state index contributed by atoms with van der Waals surface area (Å²) in [6, 6.07) is 64.2. The second-order valence-electron chi connectivity index (χ2n) is 13.0. The molecule has 0 radical (unpaired) electrons. The van der Waals surface area contributed by atoms with E-state index in [1.807, 2.05) is 0 Å². The molecule has 0 aliphatic heterocycles. The summed E-state index contributed by atoms with van der Waals surface area (Å²) >= 11 is 0. The molecule has 11 rings (SSSR count). The highest BCUT2D eigenvalue weighted by molar-refractivity contribution is 6.23. The molecule has 0 unspecified atom stereocenters. The molecule has 0 aliphatic carbocycles. The van der Waals surface area contributed by atoms with Gasteiger partial charge in [0.2, 0.25) is 0 Å². The van der Waals surface area contributed by atoms with E-state index in [-0.39, 0.29) is 0 Å². The van der Waals surface area contributed by atoms with Gasteiger partial charge in [0.15, 0.2) is 0 Å². The lowest BCUT2D eigenvalue weighted by Crippen LogP contribution is -2.00. The monoisotopic (exact) mass is 623 g/mol. The Labute approximate surface area is 282 Å². The minimum Gasteiger partial charge on any atom is -0.309 e. The Morgan fingerprint density at radius 3 is 1.47 bits per heavy atom. The topological polar surface area (TPSA) is 14.8 Å². The molecule has 0 saturated carbocycles. The molecule has 0 fully saturated rings. The van der Waals surface area contributed by atoms with Crippen molar-refractivity contribution in [3.8, 4) is 17.1 Å². The number of rotatable bonds is 3. The molecule has 0 atom stereocenters. The predicted molar refractivity (Wildman–Crippen MR) is 207 cm³/mol. The first-order chi connectivity index (χ1) is 24.3. The number of para-hydroxylation sites is 5. The second kappa shape index (κ2) is 9.96. The zero-order valence-electron chi connectivity index (χ0n) is 26.6. The maximum atomic E-state index is 2.50. The maximum absolute atomic E-state index is 2.50. The van der Waals surface area contributed by atoms with E-state index in [1.54, 1.807) is 0 Å². The summed E-state index contributed by atoms with van der Waals surface area (Å²) in [7, 11) is 0. The van der Waals surface area contributed by atoms with E-state index in [4.69, 9.17) is 0 Å². The number of hydrogen-bond acceptors (Lipinski definition) is 0. The van der Waals surface area contributed by atoms with Gasteiger partial charge in [-0.3, -0.25) is 0 Å². The summed E-state index contributed by atoms with van der Waals surface area (Å²) in [5.41, 5.74) is 10.8. The third kappa shape index (κ3) is 3.62. The summed E-state index contributed by atoms with van der Waals surface area (Å²) in [5, 5.41) is 10.00. The normalized spacial score (nSPS) is 12.1. The molecule has 228 valence electrons. The molecule has 3 heterocycles. The average Bonchev–Trinajstić information content (AvgIpc) is 3.80. The summed E-state index contributed by atoms with van der Waals surface area (Å²) in [6.07, 6.45) is 0. The van der Waals surface area contributed by atoms with Crippen LogP contribution in [0.4, 0.5) is 0 Å². The lowest BCUT2D eigenvalue weighted by atomic mass is 10.0. The van der Waals surface area contributed by atoms with Gasteiger partial charge in [-0.05, 0) is 60.0 Å². The van der Waals surface area contributed by atoms with Crippen molar-refractivity contribution in [3.05, 3.63) is 176 Å². The van der Waals surface area contributed by atoms with Gasteiger partial charge in [-0.15, -0.1) is 0 Å². The quantitative estimate of drug-likeness (QED) is 0.186. The summed E-state index contributed by atoms with van der Waals surface area (Å²) < 4.78 is 7.40. The van der Waals surface area contributed by atoms with Crippen molar-refractivity contribution >= 4 is 76.2 Å². The minimum atomic E-state index is 1.15. The van der Waals surface area contributed by atoms with Crippen molar-refractivity contribution < 1.29 is 0 Å². The fourth-order valence-electron chi connectivity index (χ4n) is 8.37. The van der Waals surface area contributed by atoms with Crippen LogP contribution >= 0.6 is 0 Å². The van der Waals surface area contributed by atoms with E-state index in [0.717, 1.165) is 5.69 Å². The Kier molecular flexibility index (Phi) is 5.38. The van der Waals surface area contributed by atoms with Crippen LogP contribution in [0.25, 0.3) is 93.3 Å². The van der Waals surface area contributed by atoms with Crippen LogP contribution in [0.1, 0.15) is 0 Å². The van der Waals surface area contributed by atoms with E-state index >= 15 is 0 Å². The zero-order valence-corrected chi connectivity index (χ0v) is 26.6. The van der Waals surface area contributed by atoms with Crippen molar-refractivity contribution in [3.63, 3.8) is 0 Å². The minimum absolute atomic E-state index is 1.15. The number of aromatic nitrogens is 3. The molecular weight excluding hydrogens is 595 g/mol. The SMILES string of the molecule is c1ccc(-n2c3ccccc3c3cccc(-n4c5ccccc5c5cc6c(cc54)c4ccc5ccccc5c4n6-c4ccccc4)c32)cc1. The largest absolute Gasteiger partial charge is 0.309 e. The molecule has 3 nitrogen and oxygen atoms in total. The van der Waals surface area contributed by atoms with Crippen molar-refractivity contribution in [2.45, 2.75) is 0 Å². The van der Waals surface area contributed by atoms with Gasteiger partial charge in [-0.1, -0.05) is 121 Å². The number of benzene rings is 8. The van der Waals surface area contributed by atoms with Crippen LogP contribution in [0, 0.1) is 0 Å². The first kappa shape index (κ1) is 26.5. The standard InChI is InChI=1S/C46H29N3/c1-3-15-31(16-4-1)47-40-23-11-9-20-34(40)36-22-13-25-42(46(36)47)49-41-24-12-10-21-35(41)38-28-43-39(29-44(38)49)37-27-26-30-14-7-8-19-33(30)45(37)48(43)32-17-5-2-6-18-32/h1-29H. The highest BCUT2D eigenvalue weighted by atomic mass is 15.1. The van der Waals surface area contributed by atoms with Gasteiger partial charge < -0.3 is 13.7 Å². The maximum Gasteiger partial charge on any atom is 0.0782 e. The molecule has 0 N–H and O–H groups in total. The van der Waals surface area contributed by atoms with Crippen LogP contribution in [-0.2, 0) is 0 Å². The lowest BCUT2D eigenvalue weighted by Gasteiger charge is -2.14. The second-order valence-corrected chi connectivity index (χ2v) is 13.0. The molecule has 3 heteroatoms. The Balaban J connectivity index is 1.34. The van der Waals surface area contributed by atoms with Crippen LogP contribution in [0.2, 0.25) is 0 Å². The van der Waals surface area contributed by atoms with Gasteiger partial charge in [0.05, 0.1) is 38.8 Å². The van der Waals surface area contributed by atoms with Crippen LogP contribution in [0.15, 0.2) is 176 Å². The van der Waals surface area contributed by atoms with Crippen LogP contribution in [-0.4, -0.2) is 13.7 Å². The smallest absolute Gasteiger partial charge is 0.0782 e. The van der Waals surface area contributed by atoms with Crippen molar-refractivity contribution in [1.82, 2.24) is 13.7 Å². The highest BCUT2D eigenvalue weighted by Gasteiger charge is 2.22. The molecule has 11 aromatic rings. The van der Waals surface area contributed by atoms with Crippen molar-refractivity contribution in [2.75, 3.05) is 0 Å². The summed E-state index contributed by atoms with van der Waals surface area (Å²) in [5.74, 6) is 0. The molecule has 49 heavy (non-hydrogen) atoms. The fraction of sp³-hybridized carbons (Fsp3) is 0. The third-order valence-corrected chi connectivity index (χ3v) is 10.4. The first-order valence-electron chi connectivity index (χ1n) is 16.9. The summed E-state index contributed by atoms with van der Waals surface area (Å²) in [6.45, 7) is 0. The summed E-state index contributed by atoms with van der Waals surface area (Å²) in [4.78, 5) is 0. The first-order valence-corrected chi connectivity index (χ1v) is 16.9. The van der Waals surface area contributed by atoms with Crippen LogP contribution < -0.4 is 0 Å². The lowest BCUT2D eigenvalue weighted by molar-refractivity contribution is 1.13. The van der Waals surface area contributed by atoms with Gasteiger partial charge in [0.25, 0.3) is 0 Å². The van der Waals surface area contributed by atoms with E-state index in [2.05, 4.69) is 190 Å². The van der Waals surface area contributed by atoms with Gasteiger partial charge in [-0.2, -0.15) is 0 Å². The number of hydrogen-bond donors (Lipinski definition) is 0. The van der Waals surface area contributed by atoms with Gasteiger partial charge in [-0.25, -0.2) is 0 Å². The van der Waals surface area contributed by atoms with Gasteiger partial charge >= 0.3 is 0 Å². The molecule has 0 bridgehead atoms. The average molecular weight is 624 g/mol. The van der Waals surface area contributed by atoms with Gasteiger partial charge in [0, 0.05) is 49.1 Å². The van der Waals surface area contributed by atoms with E-state index in [9.17, 15) is 0 Å². The Hall–Kier alpha value is -6.58.